The molecule has 0 amide bonds. The largest absolute Gasteiger partial charge is 0.358 e. The number of likely N-dealkylation sites (N-methyl/N-ethyl adjacent to an activating group) is 1. The molecule has 1 unspecified atom stereocenters. The molecule has 2 aromatic carbocycles. The minimum Gasteiger partial charge on any atom is -0.358 e. The topological polar surface area (TPSA) is 19.0 Å². The Bertz CT molecular complexity index is 910. The van der Waals surface area contributed by atoms with E-state index >= 15 is 0 Å². The third-order valence-corrected chi connectivity index (χ3v) is 6.95. The summed E-state index contributed by atoms with van der Waals surface area (Å²) in [5, 5.41) is 1.47. The van der Waals surface area contributed by atoms with Crippen LogP contribution in [0, 0.1) is 11.8 Å². The molecule has 1 aliphatic carbocycles. The van der Waals surface area contributed by atoms with Gasteiger partial charge >= 0.3 is 0 Å². The van der Waals surface area contributed by atoms with E-state index in [9.17, 15) is 0 Å². The summed E-state index contributed by atoms with van der Waals surface area (Å²) < 4.78 is 0. The van der Waals surface area contributed by atoms with Gasteiger partial charge < -0.3 is 9.88 Å². The average molecular weight is 359 g/mol. The number of nitrogens with one attached hydrogen (secondary N) is 1. The third-order valence-electron chi connectivity index (χ3n) is 6.95. The van der Waals surface area contributed by atoms with Gasteiger partial charge in [0.1, 0.15) is 0 Å². The zero-order valence-corrected chi connectivity index (χ0v) is 16.3. The summed E-state index contributed by atoms with van der Waals surface area (Å²) >= 11 is 0. The number of hydrogen-bond acceptors (Lipinski definition) is 1. The number of fused-ring (bicyclic) bond motifs is 5. The average Bonchev–Trinajstić information content (AvgIpc) is 3.25. The van der Waals surface area contributed by atoms with Gasteiger partial charge in [-0.05, 0) is 61.8 Å². The van der Waals surface area contributed by atoms with E-state index in [1.807, 2.05) is 0 Å². The minimum atomic E-state index is 0.717. The minimum absolute atomic E-state index is 0.717. The number of aromatic nitrogens is 1. The van der Waals surface area contributed by atoms with Gasteiger partial charge in [0.05, 0.1) is 0 Å². The number of hydrogen-bond donors (Lipinski definition) is 1. The smallest absolute Gasteiger partial charge is 0.0459 e. The molecule has 1 aliphatic heterocycles. The lowest BCUT2D eigenvalue weighted by Crippen LogP contribution is -2.29. The summed E-state index contributed by atoms with van der Waals surface area (Å²) in [6.45, 7) is 2.49. The fourth-order valence-corrected chi connectivity index (χ4v) is 5.73. The first-order valence-corrected chi connectivity index (χ1v) is 10.6. The van der Waals surface area contributed by atoms with Crippen molar-refractivity contribution in [1.82, 2.24) is 9.88 Å². The first-order valence-electron chi connectivity index (χ1n) is 10.6. The van der Waals surface area contributed by atoms with Crippen LogP contribution < -0.4 is 0 Å². The quantitative estimate of drug-likeness (QED) is 0.605. The highest BCUT2D eigenvalue weighted by Gasteiger charge is 2.42. The molecule has 2 aliphatic rings. The second kappa shape index (κ2) is 7.16. The Morgan fingerprint density at radius 1 is 0.963 bits per heavy atom. The first-order chi connectivity index (χ1) is 13.3. The van der Waals surface area contributed by atoms with Gasteiger partial charge in [-0.3, -0.25) is 0 Å². The maximum Gasteiger partial charge on any atom is 0.0459 e. The molecule has 2 heteroatoms. The maximum atomic E-state index is 3.77. The number of aromatic amines is 1. The third kappa shape index (κ3) is 3.21. The molecular formula is C25H30N2. The molecule has 0 saturated carbocycles. The van der Waals surface area contributed by atoms with Gasteiger partial charge in [0, 0.05) is 35.6 Å². The lowest BCUT2D eigenvalue weighted by atomic mass is 9.70. The van der Waals surface area contributed by atoms with Crippen LogP contribution in [0.5, 0.6) is 0 Å². The Hall–Kier alpha value is -2.06. The Balaban J connectivity index is 1.32. The summed E-state index contributed by atoms with van der Waals surface area (Å²) in [6, 6.07) is 19.9. The fourth-order valence-electron chi connectivity index (χ4n) is 5.73. The van der Waals surface area contributed by atoms with Crippen molar-refractivity contribution in [3.63, 3.8) is 0 Å². The number of likely N-dealkylation sites (tertiary alicyclic amines) is 1. The van der Waals surface area contributed by atoms with Crippen LogP contribution in [0.15, 0.2) is 54.6 Å². The van der Waals surface area contributed by atoms with Gasteiger partial charge in [0.25, 0.3) is 0 Å². The summed E-state index contributed by atoms with van der Waals surface area (Å²) in [4.78, 5) is 6.33. The van der Waals surface area contributed by atoms with Gasteiger partial charge in [0.2, 0.25) is 0 Å². The summed E-state index contributed by atoms with van der Waals surface area (Å²) in [7, 11) is 2.30. The molecule has 140 valence electrons. The number of para-hydroxylation sites is 1. The molecule has 0 radical (unpaired) electrons. The SMILES string of the molecule is CN1C[C@@H]2C(CCCCc3ccccc3)Cc3[nH]c4ccccc4c3[C@@H]2C1. The molecule has 5 rings (SSSR count). The Morgan fingerprint density at radius 2 is 1.78 bits per heavy atom. The molecule has 3 aromatic rings. The van der Waals surface area contributed by atoms with Gasteiger partial charge in [-0.2, -0.15) is 0 Å². The van der Waals surface area contributed by atoms with Crippen LogP contribution in [0.2, 0.25) is 0 Å². The lowest BCUT2D eigenvalue weighted by molar-refractivity contribution is 0.267. The highest BCUT2D eigenvalue weighted by molar-refractivity contribution is 5.85. The zero-order valence-electron chi connectivity index (χ0n) is 16.3. The van der Waals surface area contributed by atoms with Crippen LogP contribution in [-0.2, 0) is 12.8 Å². The lowest BCUT2D eigenvalue weighted by Gasteiger charge is -2.33. The van der Waals surface area contributed by atoms with Crippen LogP contribution in [-0.4, -0.2) is 30.0 Å². The normalized spacial score (nSPS) is 24.9. The summed E-state index contributed by atoms with van der Waals surface area (Å²) in [6.07, 6.45) is 6.50. The summed E-state index contributed by atoms with van der Waals surface area (Å²) in [5.74, 6) is 2.38. The van der Waals surface area contributed by atoms with Crippen molar-refractivity contribution >= 4 is 10.9 Å². The van der Waals surface area contributed by atoms with Crippen LogP contribution in [0.1, 0.15) is 42.0 Å². The first kappa shape index (κ1) is 17.1. The van der Waals surface area contributed by atoms with Crippen molar-refractivity contribution in [2.24, 2.45) is 11.8 Å². The van der Waals surface area contributed by atoms with Crippen LogP contribution in [0.4, 0.5) is 0 Å². The Labute approximate surface area is 162 Å². The van der Waals surface area contributed by atoms with Crippen LogP contribution in [0.25, 0.3) is 10.9 Å². The van der Waals surface area contributed by atoms with Crippen LogP contribution in [0.3, 0.4) is 0 Å². The molecule has 2 nitrogen and oxygen atoms in total. The van der Waals surface area contributed by atoms with Gasteiger partial charge in [0.15, 0.2) is 0 Å². The summed E-state index contributed by atoms with van der Waals surface area (Å²) in [5.41, 5.74) is 5.99. The van der Waals surface area contributed by atoms with Crippen molar-refractivity contribution in [3.8, 4) is 0 Å². The van der Waals surface area contributed by atoms with Crippen molar-refractivity contribution in [3.05, 3.63) is 71.4 Å². The van der Waals surface area contributed by atoms with Gasteiger partial charge in [-0.25, -0.2) is 0 Å². The molecule has 27 heavy (non-hydrogen) atoms. The fraction of sp³-hybridized carbons (Fsp3) is 0.440. The Morgan fingerprint density at radius 3 is 2.67 bits per heavy atom. The second-order valence-corrected chi connectivity index (χ2v) is 8.75. The van der Waals surface area contributed by atoms with Gasteiger partial charge in [-0.15, -0.1) is 0 Å². The van der Waals surface area contributed by atoms with E-state index in [0.29, 0.717) is 5.92 Å². The van der Waals surface area contributed by atoms with Gasteiger partial charge in [-0.1, -0.05) is 55.0 Å². The van der Waals surface area contributed by atoms with Crippen LogP contribution >= 0.6 is 0 Å². The van der Waals surface area contributed by atoms with E-state index in [-0.39, 0.29) is 0 Å². The van der Waals surface area contributed by atoms with E-state index in [0.717, 1.165) is 11.8 Å². The van der Waals surface area contributed by atoms with E-state index in [1.54, 1.807) is 5.56 Å². The highest BCUT2D eigenvalue weighted by atomic mass is 15.1. The van der Waals surface area contributed by atoms with E-state index < -0.39 is 0 Å². The number of H-pyrrole nitrogens is 1. The molecule has 1 fully saturated rings. The van der Waals surface area contributed by atoms with E-state index in [1.165, 1.54) is 67.4 Å². The molecule has 0 spiro atoms. The molecule has 1 N–H and O–H groups in total. The second-order valence-electron chi connectivity index (χ2n) is 8.75. The monoisotopic (exact) mass is 358 g/mol. The number of aryl methyl sites for hydroxylation is 1. The van der Waals surface area contributed by atoms with Crippen molar-refractivity contribution < 1.29 is 0 Å². The van der Waals surface area contributed by atoms with Crippen molar-refractivity contribution in [2.45, 2.75) is 38.0 Å². The number of unbranched alkanes of at least 4 members (excludes halogenated alkanes) is 1. The maximum absolute atomic E-state index is 3.77. The van der Waals surface area contributed by atoms with Crippen molar-refractivity contribution in [1.29, 1.82) is 0 Å². The van der Waals surface area contributed by atoms with E-state index in [2.05, 4.69) is 71.5 Å². The predicted octanol–water partition coefficient (Wildman–Crippen LogP) is 5.40. The molecule has 0 bridgehead atoms. The molecular weight excluding hydrogens is 328 g/mol. The van der Waals surface area contributed by atoms with Crippen molar-refractivity contribution in [2.75, 3.05) is 20.1 Å². The number of rotatable bonds is 5. The number of benzene rings is 2. The van der Waals surface area contributed by atoms with E-state index in [4.69, 9.17) is 0 Å². The number of nitrogens with zero attached hydrogens (tertiary/aromatic N) is 1. The zero-order chi connectivity index (χ0) is 18.2. The molecule has 2 heterocycles. The Kier molecular flexibility index (Phi) is 4.53. The standard InChI is InChI=1S/C25H30N2/c1-27-16-21-19(12-6-5-11-18-9-3-2-4-10-18)15-24-25(22(21)17-27)20-13-7-8-14-23(20)26-24/h2-4,7-10,13-14,19,21-22,26H,5-6,11-12,15-17H2,1H3/t19?,21-,22-/m1/s1. The molecule has 3 atom stereocenters. The molecule has 1 saturated heterocycles. The predicted molar refractivity (Wildman–Crippen MR) is 113 cm³/mol. The highest BCUT2D eigenvalue weighted by Crippen LogP contribution is 2.48. The molecule has 1 aromatic heterocycles.